The van der Waals surface area contributed by atoms with Gasteiger partial charge in [-0.25, -0.2) is 19.2 Å². The Morgan fingerprint density at radius 2 is 1.90 bits per heavy atom. The minimum Gasteiger partial charge on any atom is -0.475 e. The summed E-state index contributed by atoms with van der Waals surface area (Å²) >= 11 is 0. The molecule has 1 fully saturated rings. The number of pyridine rings is 1. The fraction of sp³-hybridized carbons (Fsp3) is 0.316. The SMILES string of the molecule is Cn1cnc([C@@H]2CN(c3ccc4ccc(F)cc4n3)C[C@H]2N)c1.O=C(O)C(F)(F)F. The Morgan fingerprint density at radius 3 is 2.50 bits per heavy atom. The molecule has 0 aliphatic carbocycles. The van der Waals surface area contributed by atoms with Gasteiger partial charge in [0.15, 0.2) is 0 Å². The van der Waals surface area contributed by atoms with Crippen LogP contribution < -0.4 is 10.6 Å². The highest BCUT2D eigenvalue weighted by molar-refractivity contribution is 5.80. The molecular weight excluding hydrogens is 406 g/mol. The summed E-state index contributed by atoms with van der Waals surface area (Å²) in [6.07, 6.45) is -1.28. The maximum atomic E-state index is 13.4. The van der Waals surface area contributed by atoms with Gasteiger partial charge in [0.1, 0.15) is 11.6 Å². The number of halogens is 4. The molecule has 7 nitrogen and oxygen atoms in total. The number of alkyl halides is 3. The molecule has 30 heavy (non-hydrogen) atoms. The van der Waals surface area contributed by atoms with Crippen molar-refractivity contribution in [3.63, 3.8) is 0 Å². The smallest absolute Gasteiger partial charge is 0.475 e. The zero-order valence-corrected chi connectivity index (χ0v) is 15.8. The average molecular weight is 425 g/mol. The first kappa shape index (κ1) is 21.5. The van der Waals surface area contributed by atoms with Crippen LogP contribution >= 0.6 is 0 Å². The zero-order valence-electron chi connectivity index (χ0n) is 15.8. The maximum absolute atomic E-state index is 13.4. The molecule has 3 aromatic rings. The number of carbonyl (C=O) groups is 1. The molecule has 1 saturated heterocycles. The number of aliphatic carboxylic acids is 1. The van der Waals surface area contributed by atoms with Gasteiger partial charge >= 0.3 is 12.1 Å². The molecule has 1 aliphatic rings. The van der Waals surface area contributed by atoms with E-state index in [4.69, 9.17) is 15.6 Å². The molecule has 0 bridgehead atoms. The molecule has 3 heterocycles. The molecule has 1 aliphatic heterocycles. The van der Waals surface area contributed by atoms with Gasteiger partial charge in [0.25, 0.3) is 0 Å². The van der Waals surface area contributed by atoms with Crippen LogP contribution in [0.25, 0.3) is 10.9 Å². The monoisotopic (exact) mass is 425 g/mol. The lowest BCUT2D eigenvalue weighted by atomic mass is 10.0. The molecular formula is C19H19F4N5O2. The molecule has 11 heteroatoms. The van der Waals surface area contributed by atoms with Crippen molar-refractivity contribution in [1.29, 1.82) is 0 Å². The van der Waals surface area contributed by atoms with Gasteiger partial charge in [0.05, 0.1) is 17.5 Å². The van der Waals surface area contributed by atoms with Gasteiger partial charge in [-0.1, -0.05) is 0 Å². The number of nitrogens with two attached hydrogens (primary N) is 1. The third-order valence-corrected chi connectivity index (χ3v) is 4.68. The van der Waals surface area contributed by atoms with E-state index in [1.165, 1.54) is 12.1 Å². The minimum atomic E-state index is -5.08. The van der Waals surface area contributed by atoms with Crippen LogP contribution in [0.15, 0.2) is 42.9 Å². The molecule has 0 unspecified atom stereocenters. The van der Waals surface area contributed by atoms with Gasteiger partial charge in [-0.05, 0) is 24.3 Å². The van der Waals surface area contributed by atoms with Crippen molar-refractivity contribution in [1.82, 2.24) is 14.5 Å². The summed E-state index contributed by atoms with van der Waals surface area (Å²) in [5, 5.41) is 8.06. The Hall–Kier alpha value is -3.21. The summed E-state index contributed by atoms with van der Waals surface area (Å²) in [6, 6.07) is 8.60. The maximum Gasteiger partial charge on any atom is 0.490 e. The lowest BCUT2D eigenvalue weighted by Crippen LogP contribution is -2.29. The fourth-order valence-electron chi connectivity index (χ4n) is 3.21. The van der Waals surface area contributed by atoms with Crippen LogP contribution in [0, 0.1) is 5.82 Å². The number of rotatable bonds is 2. The predicted molar refractivity (Wildman–Crippen MR) is 102 cm³/mol. The van der Waals surface area contributed by atoms with E-state index in [0.29, 0.717) is 5.52 Å². The molecule has 0 spiro atoms. The molecule has 1 aromatic carbocycles. The van der Waals surface area contributed by atoms with Crippen molar-refractivity contribution >= 4 is 22.7 Å². The van der Waals surface area contributed by atoms with E-state index < -0.39 is 12.1 Å². The number of nitrogens with zero attached hydrogens (tertiary/aromatic N) is 4. The second kappa shape index (κ2) is 8.27. The average Bonchev–Trinajstić information content (AvgIpc) is 3.26. The van der Waals surface area contributed by atoms with Crippen LogP contribution in [0.3, 0.4) is 0 Å². The number of hydrogen-bond acceptors (Lipinski definition) is 5. The Kier molecular flexibility index (Phi) is 5.92. The number of aromatic nitrogens is 3. The topological polar surface area (TPSA) is 97.3 Å². The predicted octanol–water partition coefficient (Wildman–Crippen LogP) is 2.67. The second-order valence-corrected chi connectivity index (χ2v) is 6.95. The first-order valence-corrected chi connectivity index (χ1v) is 8.89. The number of anilines is 1. The van der Waals surface area contributed by atoms with Crippen molar-refractivity contribution in [2.24, 2.45) is 12.8 Å². The standard InChI is InChI=1S/C17H18FN5.C2HF3O2/c1-22-9-16(20-10-22)13-7-23(8-14(13)19)17-5-3-11-2-4-12(18)6-15(11)21-17;3-2(4,5)1(6)7/h2-6,9-10,13-14H,7-8,19H2,1H3;(H,6,7)/t13-,14-;/m1./s1. The van der Waals surface area contributed by atoms with E-state index in [1.54, 1.807) is 12.4 Å². The van der Waals surface area contributed by atoms with E-state index in [9.17, 15) is 17.6 Å². The van der Waals surface area contributed by atoms with Gasteiger partial charge in [0, 0.05) is 49.7 Å². The molecule has 2 atom stereocenters. The van der Waals surface area contributed by atoms with E-state index in [1.807, 2.05) is 29.9 Å². The van der Waals surface area contributed by atoms with Crippen LogP contribution in [0.2, 0.25) is 0 Å². The number of imidazole rings is 1. The third kappa shape index (κ3) is 4.85. The summed E-state index contributed by atoms with van der Waals surface area (Å²) < 4.78 is 47.1. The van der Waals surface area contributed by atoms with Gasteiger partial charge in [-0.15, -0.1) is 0 Å². The van der Waals surface area contributed by atoms with Crippen molar-refractivity contribution in [3.8, 4) is 0 Å². The number of benzene rings is 1. The van der Waals surface area contributed by atoms with Gasteiger partial charge < -0.3 is 20.3 Å². The normalized spacial score (nSPS) is 18.9. The highest BCUT2D eigenvalue weighted by Gasteiger charge is 2.38. The Bertz CT molecular complexity index is 1050. The Labute approximate surface area is 168 Å². The van der Waals surface area contributed by atoms with Crippen LogP contribution in [-0.4, -0.2) is 50.9 Å². The van der Waals surface area contributed by atoms with E-state index in [0.717, 1.165) is 30.0 Å². The molecule has 2 aromatic heterocycles. The van der Waals surface area contributed by atoms with Crippen molar-refractivity contribution in [2.75, 3.05) is 18.0 Å². The summed E-state index contributed by atoms with van der Waals surface area (Å²) in [5.41, 5.74) is 7.98. The summed E-state index contributed by atoms with van der Waals surface area (Å²) in [6.45, 7) is 1.49. The highest BCUT2D eigenvalue weighted by atomic mass is 19.4. The van der Waals surface area contributed by atoms with E-state index in [2.05, 4.69) is 14.9 Å². The lowest BCUT2D eigenvalue weighted by Gasteiger charge is -2.17. The summed E-state index contributed by atoms with van der Waals surface area (Å²) in [7, 11) is 1.95. The number of carboxylic acid groups (broad SMARTS) is 1. The van der Waals surface area contributed by atoms with Gasteiger partial charge in [-0.2, -0.15) is 13.2 Å². The largest absolute Gasteiger partial charge is 0.490 e. The summed E-state index contributed by atoms with van der Waals surface area (Å²) in [5.74, 6) is -2.02. The third-order valence-electron chi connectivity index (χ3n) is 4.68. The molecule has 0 radical (unpaired) electrons. The van der Waals surface area contributed by atoms with Gasteiger partial charge in [0.2, 0.25) is 0 Å². The molecule has 0 saturated carbocycles. The fourth-order valence-corrected chi connectivity index (χ4v) is 3.21. The Morgan fingerprint density at radius 1 is 1.23 bits per heavy atom. The lowest BCUT2D eigenvalue weighted by molar-refractivity contribution is -0.192. The molecule has 4 rings (SSSR count). The van der Waals surface area contributed by atoms with E-state index >= 15 is 0 Å². The van der Waals surface area contributed by atoms with Gasteiger partial charge in [-0.3, -0.25) is 0 Å². The summed E-state index contributed by atoms with van der Waals surface area (Å²) in [4.78, 5) is 20.1. The van der Waals surface area contributed by atoms with Crippen molar-refractivity contribution < 1.29 is 27.5 Å². The highest BCUT2D eigenvalue weighted by Crippen LogP contribution is 2.29. The van der Waals surface area contributed by atoms with E-state index in [-0.39, 0.29) is 17.8 Å². The van der Waals surface area contributed by atoms with Crippen LogP contribution in [0.4, 0.5) is 23.4 Å². The first-order chi connectivity index (χ1) is 14.0. The number of fused-ring (bicyclic) bond motifs is 1. The van der Waals surface area contributed by atoms with Crippen molar-refractivity contribution in [3.05, 3.63) is 54.4 Å². The van der Waals surface area contributed by atoms with Crippen LogP contribution in [0.5, 0.6) is 0 Å². The second-order valence-electron chi connectivity index (χ2n) is 6.95. The number of carboxylic acids is 1. The van der Waals surface area contributed by atoms with Crippen molar-refractivity contribution in [2.45, 2.75) is 18.1 Å². The first-order valence-electron chi connectivity index (χ1n) is 8.89. The molecule has 3 N–H and O–H groups in total. The van der Waals surface area contributed by atoms with Crippen LogP contribution in [-0.2, 0) is 11.8 Å². The molecule has 0 amide bonds. The zero-order chi connectivity index (χ0) is 22.1. The number of hydrogen-bond donors (Lipinski definition) is 2. The minimum absolute atomic E-state index is 0.00917. The molecule has 160 valence electrons. The number of aryl methyl sites for hydroxylation is 1. The van der Waals surface area contributed by atoms with Crippen LogP contribution in [0.1, 0.15) is 11.6 Å². The Balaban J connectivity index is 0.000000318. The quantitative estimate of drug-likeness (QED) is 0.613.